The summed E-state index contributed by atoms with van der Waals surface area (Å²) in [7, 11) is -1.54. The molecule has 1 nitrogen and oxygen atoms in total. The monoisotopic (exact) mass is 238 g/mol. The van der Waals surface area contributed by atoms with Gasteiger partial charge in [-0.3, -0.25) is 0 Å². The second-order valence-corrected chi connectivity index (χ2v) is 10.4. The van der Waals surface area contributed by atoms with Crippen molar-refractivity contribution >= 4 is 8.32 Å². The van der Waals surface area contributed by atoms with Crippen molar-refractivity contribution in [1.82, 2.24) is 0 Å². The van der Waals surface area contributed by atoms with E-state index in [1.807, 2.05) is 0 Å². The minimum absolute atomic E-state index is 0.223. The predicted octanol–water partition coefficient (Wildman–Crippen LogP) is 4.20. The number of hydrogen-bond donors (Lipinski definition) is 0. The molecule has 0 saturated heterocycles. The van der Waals surface area contributed by atoms with Crippen LogP contribution < -0.4 is 0 Å². The second-order valence-electron chi connectivity index (χ2n) is 5.98. The zero-order chi connectivity index (χ0) is 12.2. The Kier molecular flexibility index (Phi) is 4.64. The van der Waals surface area contributed by atoms with Crippen molar-refractivity contribution in [3.8, 4) is 12.3 Å². The van der Waals surface area contributed by atoms with E-state index in [0.717, 1.165) is 6.42 Å². The van der Waals surface area contributed by atoms with Crippen LogP contribution in [0.5, 0.6) is 0 Å². The first-order valence-electron chi connectivity index (χ1n) is 6.61. The highest BCUT2D eigenvalue weighted by atomic mass is 28.4. The third kappa shape index (κ3) is 3.36. The van der Waals surface area contributed by atoms with Crippen LogP contribution in [-0.4, -0.2) is 13.9 Å². The van der Waals surface area contributed by atoms with Gasteiger partial charge < -0.3 is 4.43 Å². The van der Waals surface area contributed by atoms with Gasteiger partial charge in [0, 0.05) is 0 Å². The highest BCUT2D eigenvalue weighted by Crippen LogP contribution is 2.42. The molecule has 1 aliphatic carbocycles. The van der Waals surface area contributed by atoms with E-state index < -0.39 is 8.32 Å². The zero-order valence-corrected chi connectivity index (χ0v) is 12.3. The fraction of sp³-hybridized carbons (Fsp3) is 0.857. The van der Waals surface area contributed by atoms with E-state index in [4.69, 9.17) is 10.8 Å². The van der Waals surface area contributed by atoms with Crippen molar-refractivity contribution in [2.75, 3.05) is 0 Å². The van der Waals surface area contributed by atoms with Crippen LogP contribution in [-0.2, 0) is 4.43 Å². The van der Waals surface area contributed by atoms with Gasteiger partial charge in [-0.2, -0.15) is 0 Å². The van der Waals surface area contributed by atoms with Crippen LogP contribution in [0.15, 0.2) is 0 Å². The van der Waals surface area contributed by atoms with Crippen LogP contribution >= 0.6 is 0 Å². The summed E-state index contributed by atoms with van der Waals surface area (Å²) in [5.74, 6) is 3.61. The molecule has 0 amide bonds. The maximum Gasteiger partial charge on any atom is 0.185 e. The van der Waals surface area contributed by atoms with E-state index >= 15 is 0 Å². The van der Waals surface area contributed by atoms with E-state index in [9.17, 15) is 0 Å². The Bertz CT molecular complexity index is 261. The van der Waals surface area contributed by atoms with Crippen LogP contribution in [0, 0.1) is 18.3 Å². The van der Waals surface area contributed by atoms with Crippen LogP contribution in [0.3, 0.4) is 0 Å². The molecule has 0 radical (unpaired) electrons. The lowest BCUT2D eigenvalue weighted by Gasteiger charge is -2.36. The summed E-state index contributed by atoms with van der Waals surface area (Å²) in [6.45, 7) is 8.95. The average Bonchev–Trinajstić information content (AvgIpc) is 2.56. The molecule has 0 unspecified atom stereocenters. The first-order valence-corrected chi connectivity index (χ1v) is 10.0. The van der Waals surface area contributed by atoms with E-state index in [1.54, 1.807) is 0 Å². The van der Waals surface area contributed by atoms with Crippen LogP contribution in [0.4, 0.5) is 0 Å². The van der Waals surface area contributed by atoms with Gasteiger partial charge in [0.05, 0.1) is 0 Å². The Morgan fingerprint density at radius 3 is 2.62 bits per heavy atom. The van der Waals surface area contributed by atoms with E-state index in [-0.39, 0.29) is 5.60 Å². The number of terminal acetylenes is 1. The molecule has 0 N–H and O–H groups in total. The Morgan fingerprint density at radius 2 is 2.12 bits per heavy atom. The molecule has 1 fully saturated rings. The Hall–Kier alpha value is -0.263. The Balaban J connectivity index is 2.73. The lowest BCUT2D eigenvalue weighted by atomic mass is 9.87. The second kappa shape index (κ2) is 5.38. The molecule has 92 valence electrons. The fourth-order valence-corrected chi connectivity index (χ4v) is 4.20. The molecule has 0 bridgehead atoms. The van der Waals surface area contributed by atoms with Gasteiger partial charge in [0.15, 0.2) is 8.32 Å². The van der Waals surface area contributed by atoms with Gasteiger partial charge in [0.25, 0.3) is 0 Å². The van der Waals surface area contributed by atoms with E-state index in [1.165, 1.54) is 32.1 Å². The van der Waals surface area contributed by atoms with Crippen molar-refractivity contribution in [3.63, 3.8) is 0 Å². The van der Waals surface area contributed by atoms with Gasteiger partial charge in [0.2, 0.25) is 0 Å². The van der Waals surface area contributed by atoms with Crippen molar-refractivity contribution < 1.29 is 4.43 Å². The maximum absolute atomic E-state index is 6.35. The molecular formula is C14H26OSi. The summed E-state index contributed by atoms with van der Waals surface area (Å²) >= 11 is 0. The molecule has 1 rings (SSSR count). The molecule has 0 spiro atoms. The molecule has 0 aromatic carbocycles. The van der Waals surface area contributed by atoms with Crippen molar-refractivity contribution in [3.05, 3.63) is 0 Å². The summed E-state index contributed by atoms with van der Waals surface area (Å²) in [4.78, 5) is 0. The number of rotatable bonds is 5. The van der Waals surface area contributed by atoms with E-state index in [2.05, 4.69) is 32.5 Å². The van der Waals surface area contributed by atoms with Gasteiger partial charge in [-0.05, 0) is 51.2 Å². The van der Waals surface area contributed by atoms with E-state index in [0.29, 0.717) is 5.92 Å². The largest absolute Gasteiger partial charge is 0.401 e. The molecule has 0 heterocycles. The lowest BCUT2D eigenvalue weighted by molar-refractivity contribution is 0.0752. The summed E-state index contributed by atoms with van der Waals surface area (Å²) < 4.78 is 6.35. The smallest absolute Gasteiger partial charge is 0.185 e. The van der Waals surface area contributed by atoms with Crippen molar-refractivity contribution in [2.24, 2.45) is 5.92 Å². The molecule has 0 aromatic rings. The topological polar surface area (TPSA) is 9.23 Å². The minimum atomic E-state index is -1.54. The first kappa shape index (κ1) is 13.8. The van der Waals surface area contributed by atoms with Gasteiger partial charge >= 0.3 is 0 Å². The highest BCUT2D eigenvalue weighted by Gasteiger charge is 2.44. The molecular weight excluding hydrogens is 212 g/mol. The third-order valence-electron chi connectivity index (χ3n) is 3.40. The minimum Gasteiger partial charge on any atom is -0.401 e. The summed E-state index contributed by atoms with van der Waals surface area (Å²) in [5, 5.41) is 0. The summed E-state index contributed by atoms with van der Waals surface area (Å²) in [6, 6.07) is 0. The molecule has 16 heavy (non-hydrogen) atoms. The lowest BCUT2D eigenvalue weighted by Crippen LogP contribution is -2.44. The fourth-order valence-electron chi connectivity index (χ4n) is 2.78. The van der Waals surface area contributed by atoms with Crippen LogP contribution in [0.2, 0.25) is 19.6 Å². The highest BCUT2D eigenvalue weighted by molar-refractivity contribution is 6.69. The standard InChI is InChI=1S/C14H26OSi/c1-6-8-10-13-11-9-12-14(13,7-2)15-16(3,4)5/h2,13H,6,8-12H2,1,3-5H3/t13-,14-/m0/s1. The first-order chi connectivity index (χ1) is 7.43. The molecule has 0 aromatic heterocycles. The average molecular weight is 238 g/mol. The summed E-state index contributed by atoms with van der Waals surface area (Å²) in [5.41, 5.74) is -0.223. The van der Waals surface area contributed by atoms with Crippen LogP contribution in [0.25, 0.3) is 0 Å². The normalized spacial score (nSPS) is 30.3. The predicted molar refractivity (Wildman–Crippen MR) is 72.9 cm³/mol. The van der Waals surface area contributed by atoms with Gasteiger partial charge in [0.1, 0.15) is 5.60 Å². The number of unbranched alkanes of at least 4 members (excludes halogenated alkanes) is 1. The zero-order valence-electron chi connectivity index (χ0n) is 11.3. The molecule has 2 heteroatoms. The number of hydrogen-bond acceptors (Lipinski definition) is 1. The molecule has 1 saturated carbocycles. The van der Waals surface area contributed by atoms with Crippen molar-refractivity contribution in [2.45, 2.75) is 70.7 Å². The van der Waals surface area contributed by atoms with Crippen LogP contribution in [0.1, 0.15) is 45.4 Å². The third-order valence-corrected chi connectivity index (χ3v) is 4.38. The quantitative estimate of drug-likeness (QED) is 0.515. The van der Waals surface area contributed by atoms with Crippen molar-refractivity contribution in [1.29, 1.82) is 0 Å². The maximum atomic E-state index is 6.35. The Morgan fingerprint density at radius 1 is 1.44 bits per heavy atom. The summed E-state index contributed by atoms with van der Waals surface area (Å²) in [6.07, 6.45) is 13.1. The van der Waals surface area contributed by atoms with Gasteiger partial charge in [-0.15, -0.1) is 6.42 Å². The molecule has 1 aliphatic rings. The SMILES string of the molecule is C#C[C@]1(O[Si](C)(C)C)CCC[C@@H]1CCCC. The Labute approximate surface area is 102 Å². The van der Waals surface area contributed by atoms with Gasteiger partial charge in [-0.25, -0.2) is 0 Å². The molecule has 0 aliphatic heterocycles. The molecule has 2 atom stereocenters. The van der Waals surface area contributed by atoms with Gasteiger partial charge in [-0.1, -0.05) is 25.7 Å².